The summed E-state index contributed by atoms with van der Waals surface area (Å²) in [5.74, 6) is -0.552. The van der Waals surface area contributed by atoms with E-state index in [-0.39, 0.29) is 18.0 Å². The van der Waals surface area contributed by atoms with Crippen LogP contribution >= 0.6 is 0 Å². The summed E-state index contributed by atoms with van der Waals surface area (Å²) in [6, 6.07) is 24.0. The van der Waals surface area contributed by atoms with Gasteiger partial charge in [0.05, 0.1) is 5.56 Å². The average molecular weight is 343 g/mol. The van der Waals surface area contributed by atoms with Crippen molar-refractivity contribution in [2.24, 2.45) is 0 Å². The molecule has 3 aromatic rings. The molecule has 0 spiro atoms. The molecule has 0 aliphatic carbocycles. The van der Waals surface area contributed by atoms with Crippen LogP contribution in [-0.2, 0) is 11.2 Å². The van der Waals surface area contributed by atoms with Gasteiger partial charge in [-0.1, -0.05) is 48.5 Å². The lowest BCUT2D eigenvalue weighted by Gasteiger charge is -2.25. The minimum absolute atomic E-state index is 0.200. The maximum absolute atomic E-state index is 12.5. The number of amides is 1. The second kappa shape index (κ2) is 6.84. The molecule has 1 heterocycles. The van der Waals surface area contributed by atoms with Crippen molar-refractivity contribution in [2.45, 2.75) is 12.5 Å². The fraction of sp³-hybridized carbons (Fsp3) is 0.0909. The van der Waals surface area contributed by atoms with Crippen molar-refractivity contribution in [2.75, 3.05) is 5.32 Å². The summed E-state index contributed by atoms with van der Waals surface area (Å²) in [7, 11) is 0. The van der Waals surface area contributed by atoms with Gasteiger partial charge in [-0.05, 0) is 41.5 Å². The summed E-state index contributed by atoms with van der Waals surface area (Å²) in [6.07, 6.45) is 0.223. The number of carbonyl (C=O) groups is 2. The molecular formula is C22H17NO3. The van der Waals surface area contributed by atoms with Crippen molar-refractivity contribution in [3.05, 3.63) is 101 Å². The highest BCUT2D eigenvalue weighted by Crippen LogP contribution is 2.31. The van der Waals surface area contributed by atoms with Crippen molar-refractivity contribution in [3.8, 4) is 0 Å². The maximum Gasteiger partial charge on any atom is 0.339 e. The molecular weight excluding hydrogens is 326 g/mol. The van der Waals surface area contributed by atoms with Crippen LogP contribution in [0.5, 0.6) is 0 Å². The SMILES string of the molecule is O=C(Nc1ccccc1)c1ccc2c(c1)C[C@@H](c1ccccc1)OC2=O. The number of para-hydroxylation sites is 1. The Kier molecular flexibility index (Phi) is 4.23. The van der Waals surface area contributed by atoms with Gasteiger partial charge >= 0.3 is 5.97 Å². The molecule has 4 heteroatoms. The van der Waals surface area contributed by atoms with E-state index in [1.807, 2.05) is 60.7 Å². The zero-order valence-electron chi connectivity index (χ0n) is 14.0. The minimum Gasteiger partial charge on any atom is -0.454 e. The summed E-state index contributed by atoms with van der Waals surface area (Å²) in [6.45, 7) is 0. The van der Waals surface area contributed by atoms with Crippen LogP contribution in [0.1, 0.15) is 37.9 Å². The van der Waals surface area contributed by atoms with Crippen LogP contribution in [0, 0.1) is 0 Å². The number of ether oxygens (including phenoxy) is 1. The Morgan fingerprint density at radius 3 is 2.35 bits per heavy atom. The predicted molar refractivity (Wildman–Crippen MR) is 99.1 cm³/mol. The normalized spacial score (nSPS) is 15.7. The van der Waals surface area contributed by atoms with Gasteiger partial charge in [0.1, 0.15) is 6.10 Å². The first-order valence-corrected chi connectivity index (χ1v) is 8.46. The molecule has 0 bridgehead atoms. The van der Waals surface area contributed by atoms with Gasteiger partial charge in [-0.3, -0.25) is 4.79 Å². The quantitative estimate of drug-likeness (QED) is 0.718. The van der Waals surface area contributed by atoms with Gasteiger partial charge in [-0.15, -0.1) is 0 Å². The largest absolute Gasteiger partial charge is 0.454 e. The van der Waals surface area contributed by atoms with Crippen LogP contribution < -0.4 is 5.32 Å². The third-order valence-electron chi connectivity index (χ3n) is 4.44. The third kappa shape index (κ3) is 3.22. The van der Waals surface area contributed by atoms with E-state index in [9.17, 15) is 9.59 Å². The number of cyclic esters (lactones) is 1. The molecule has 4 nitrogen and oxygen atoms in total. The summed E-state index contributed by atoms with van der Waals surface area (Å²) in [5.41, 5.74) is 3.56. The second-order valence-corrected chi connectivity index (χ2v) is 6.20. The molecule has 4 rings (SSSR count). The molecule has 0 fully saturated rings. The molecule has 1 aliphatic rings. The van der Waals surface area contributed by atoms with E-state index in [4.69, 9.17) is 4.74 Å². The molecule has 1 amide bonds. The van der Waals surface area contributed by atoms with Crippen LogP contribution in [-0.4, -0.2) is 11.9 Å². The van der Waals surface area contributed by atoms with Gasteiger partial charge < -0.3 is 10.1 Å². The van der Waals surface area contributed by atoms with Crippen LogP contribution in [0.3, 0.4) is 0 Å². The maximum atomic E-state index is 12.5. The Balaban J connectivity index is 1.60. The van der Waals surface area contributed by atoms with Gasteiger partial charge in [0.15, 0.2) is 0 Å². The first-order valence-electron chi connectivity index (χ1n) is 8.46. The molecule has 1 aliphatic heterocycles. The number of hydrogen-bond acceptors (Lipinski definition) is 3. The predicted octanol–water partition coefficient (Wildman–Crippen LogP) is 4.39. The van der Waals surface area contributed by atoms with Crippen molar-refractivity contribution in [3.63, 3.8) is 0 Å². The van der Waals surface area contributed by atoms with E-state index in [2.05, 4.69) is 5.32 Å². The Morgan fingerprint density at radius 2 is 1.62 bits per heavy atom. The number of fused-ring (bicyclic) bond motifs is 1. The fourth-order valence-corrected chi connectivity index (χ4v) is 3.12. The number of carbonyl (C=O) groups excluding carboxylic acids is 2. The van der Waals surface area contributed by atoms with Crippen LogP contribution in [0.25, 0.3) is 0 Å². The first-order chi connectivity index (χ1) is 12.7. The van der Waals surface area contributed by atoms with E-state index in [1.54, 1.807) is 18.2 Å². The zero-order valence-corrected chi connectivity index (χ0v) is 14.0. The minimum atomic E-state index is -0.352. The summed E-state index contributed by atoms with van der Waals surface area (Å²) in [5, 5.41) is 2.86. The molecule has 0 aromatic heterocycles. The van der Waals surface area contributed by atoms with Crippen LogP contribution in [0.4, 0.5) is 5.69 Å². The van der Waals surface area contributed by atoms with Crippen molar-refractivity contribution in [1.82, 2.24) is 0 Å². The number of benzene rings is 3. The van der Waals surface area contributed by atoms with Crippen molar-refractivity contribution >= 4 is 17.6 Å². The monoisotopic (exact) mass is 343 g/mol. The van der Waals surface area contributed by atoms with Crippen molar-refractivity contribution < 1.29 is 14.3 Å². The molecule has 0 radical (unpaired) electrons. The van der Waals surface area contributed by atoms with Crippen LogP contribution in [0.2, 0.25) is 0 Å². The molecule has 0 saturated heterocycles. The lowest BCUT2D eigenvalue weighted by molar-refractivity contribution is 0.0252. The number of nitrogens with one attached hydrogen (secondary N) is 1. The van der Waals surface area contributed by atoms with Gasteiger partial charge in [0, 0.05) is 17.7 Å². The number of anilines is 1. The highest BCUT2D eigenvalue weighted by Gasteiger charge is 2.28. The van der Waals surface area contributed by atoms with Gasteiger partial charge in [0.2, 0.25) is 0 Å². The fourth-order valence-electron chi connectivity index (χ4n) is 3.12. The second-order valence-electron chi connectivity index (χ2n) is 6.20. The van der Waals surface area contributed by atoms with E-state index in [0.29, 0.717) is 17.5 Å². The summed E-state index contributed by atoms with van der Waals surface area (Å²) >= 11 is 0. The van der Waals surface area contributed by atoms with Crippen LogP contribution in [0.15, 0.2) is 78.9 Å². The highest BCUT2D eigenvalue weighted by atomic mass is 16.5. The standard InChI is InChI=1S/C22H17NO3/c24-21(23-18-9-5-2-6-10-18)16-11-12-19-17(13-16)14-20(26-22(19)25)15-7-3-1-4-8-15/h1-13,20H,14H2,(H,23,24)/t20-/m0/s1. The average Bonchev–Trinajstić information content (AvgIpc) is 2.69. The first kappa shape index (κ1) is 16.1. The summed E-state index contributed by atoms with van der Waals surface area (Å²) < 4.78 is 5.56. The Labute approximate surface area is 151 Å². The van der Waals surface area contributed by atoms with E-state index < -0.39 is 0 Å². The Bertz CT molecular complexity index is 952. The highest BCUT2D eigenvalue weighted by molar-refractivity contribution is 6.05. The third-order valence-corrected chi connectivity index (χ3v) is 4.44. The molecule has 0 saturated carbocycles. The number of esters is 1. The zero-order chi connectivity index (χ0) is 17.9. The van der Waals surface area contributed by atoms with Gasteiger partial charge in [0.25, 0.3) is 5.91 Å². The molecule has 1 atom stereocenters. The Hall–Kier alpha value is -3.40. The number of hydrogen-bond donors (Lipinski definition) is 1. The Morgan fingerprint density at radius 1 is 0.923 bits per heavy atom. The van der Waals surface area contributed by atoms with E-state index in [1.165, 1.54) is 0 Å². The van der Waals surface area contributed by atoms with E-state index in [0.717, 1.165) is 16.8 Å². The number of rotatable bonds is 3. The molecule has 0 unspecified atom stereocenters. The molecule has 128 valence electrons. The lowest BCUT2D eigenvalue weighted by atomic mass is 9.93. The topological polar surface area (TPSA) is 55.4 Å². The van der Waals surface area contributed by atoms with E-state index >= 15 is 0 Å². The van der Waals surface area contributed by atoms with Crippen molar-refractivity contribution in [1.29, 1.82) is 0 Å². The van der Waals surface area contributed by atoms with Gasteiger partial charge in [-0.2, -0.15) is 0 Å². The molecule has 26 heavy (non-hydrogen) atoms. The summed E-state index contributed by atoms with van der Waals surface area (Å²) in [4.78, 5) is 24.8. The van der Waals surface area contributed by atoms with Gasteiger partial charge in [-0.25, -0.2) is 4.79 Å². The molecule has 3 aromatic carbocycles. The molecule has 1 N–H and O–H groups in total. The smallest absolute Gasteiger partial charge is 0.339 e. The lowest BCUT2D eigenvalue weighted by Crippen LogP contribution is -2.23.